The van der Waals surface area contributed by atoms with Gasteiger partial charge in [0.05, 0.1) is 12.4 Å². The molecule has 0 rings (SSSR count). The van der Waals surface area contributed by atoms with Gasteiger partial charge in [-0.2, -0.15) is 0 Å². The van der Waals surface area contributed by atoms with E-state index in [0.29, 0.717) is 18.9 Å². The summed E-state index contributed by atoms with van der Waals surface area (Å²) in [6, 6.07) is -0.528. The van der Waals surface area contributed by atoms with Crippen molar-refractivity contribution in [1.82, 2.24) is 5.32 Å². The lowest BCUT2D eigenvalue weighted by molar-refractivity contribution is 0.249. The fourth-order valence-corrected chi connectivity index (χ4v) is 0.714. The Labute approximate surface area is 72.2 Å². The molecule has 5 nitrogen and oxygen atoms in total. The van der Waals surface area contributed by atoms with E-state index in [1.54, 1.807) is 0 Å². The molecule has 0 heterocycles. The van der Waals surface area contributed by atoms with Gasteiger partial charge in [0.15, 0.2) is 0 Å². The number of amidine groups is 1. The van der Waals surface area contributed by atoms with Crippen LogP contribution in [-0.4, -0.2) is 25.0 Å². The third kappa shape index (κ3) is 6.85. The Kier molecular flexibility index (Phi) is 5.77. The van der Waals surface area contributed by atoms with Gasteiger partial charge >= 0.3 is 6.03 Å². The lowest BCUT2D eigenvalue weighted by Gasteiger charge is -1.99. The number of hydrogen-bond acceptors (Lipinski definition) is 2. The van der Waals surface area contributed by atoms with E-state index in [9.17, 15) is 4.79 Å². The van der Waals surface area contributed by atoms with Crippen LogP contribution in [0, 0.1) is 0 Å². The van der Waals surface area contributed by atoms with Crippen molar-refractivity contribution in [2.24, 2.45) is 16.5 Å². The highest BCUT2D eigenvalue weighted by molar-refractivity contribution is 5.80. The van der Waals surface area contributed by atoms with Crippen LogP contribution in [-0.2, 0) is 0 Å². The Morgan fingerprint density at radius 3 is 2.67 bits per heavy atom. The number of urea groups is 1. The topological polar surface area (TPSA) is 93.5 Å². The summed E-state index contributed by atoms with van der Waals surface area (Å²) in [7, 11) is 0. The molecule has 0 aliphatic carbocycles. The van der Waals surface area contributed by atoms with Crippen molar-refractivity contribution < 1.29 is 4.79 Å². The van der Waals surface area contributed by atoms with Gasteiger partial charge in [-0.15, -0.1) is 0 Å². The van der Waals surface area contributed by atoms with Crippen LogP contribution in [0.2, 0.25) is 0 Å². The van der Waals surface area contributed by atoms with Gasteiger partial charge in [-0.05, 0) is 6.42 Å². The SMILES string of the molecule is CCCC(N)=NCCNC(N)=O. The minimum absolute atomic E-state index is 0.444. The number of carbonyl (C=O) groups excluding carboxylic acids is 1. The molecule has 0 aromatic carbocycles. The zero-order valence-electron chi connectivity index (χ0n) is 7.34. The first-order valence-electron chi connectivity index (χ1n) is 3.99. The monoisotopic (exact) mass is 172 g/mol. The van der Waals surface area contributed by atoms with Crippen molar-refractivity contribution in [2.45, 2.75) is 19.8 Å². The summed E-state index contributed by atoms with van der Waals surface area (Å²) in [6.45, 7) is 2.97. The van der Waals surface area contributed by atoms with E-state index in [2.05, 4.69) is 10.3 Å². The van der Waals surface area contributed by atoms with E-state index >= 15 is 0 Å². The molecule has 0 atom stereocenters. The molecule has 70 valence electrons. The Morgan fingerprint density at radius 1 is 1.50 bits per heavy atom. The third-order valence-electron chi connectivity index (χ3n) is 1.23. The summed E-state index contributed by atoms with van der Waals surface area (Å²) in [6.07, 6.45) is 1.79. The van der Waals surface area contributed by atoms with Crippen LogP contribution in [0.5, 0.6) is 0 Å². The Morgan fingerprint density at radius 2 is 2.17 bits per heavy atom. The van der Waals surface area contributed by atoms with Gasteiger partial charge < -0.3 is 16.8 Å². The maximum atomic E-state index is 10.2. The first-order valence-corrected chi connectivity index (χ1v) is 3.99. The fraction of sp³-hybridized carbons (Fsp3) is 0.714. The molecule has 0 fully saturated rings. The van der Waals surface area contributed by atoms with E-state index < -0.39 is 6.03 Å². The van der Waals surface area contributed by atoms with E-state index in [-0.39, 0.29) is 0 Å². The zero-order chi connectivity index (χ0) is 9.40. The second-order valence-electron chi connectivity index (χ2n) is 2.41. The van der Waals surface area contributed by atoms with Gasteiger partial charge in [0.1, 0.15) is 0 Å². The lowest BCUT2D eigenvalue weighted by atomic mass is 10.3. The summed E-state index contributed by atoms with van der Waals surface area (Å²) >= 11 is 0. The number of rotatable bonds is 5. The molecule has 0 radical (unpaired) electrons. The van der Waals surface area contributed by atoms with Crippen molar-refractivity contribution in [3.8, 4) is 0 Å². The Hall–Kier alpha value is -1.26. The van der Waals surface area contributed by atoms with Gasteiger partial charge in [0.2, 0.25) is 0 Å². The molecule has 0 aromatic rings. The van der Waals surface area contributed by atoms with Crippen LogP contribution in [0.4, 0.5) is 4.79 Å². The molecular formula is C7H16N4O. The second kappa shape index (κ2) is 6.45. The number of hydrogen-bond donors (Lipinski definition) is 3. The first kappa shape index (κ1) is 10.7. The molecule has 0 saturated heterocycles. The molecule has 0 aliphatic heterocycles. The molecule has 0 aliphatic rings. The average Bonchev–Trinajstić information content (AvgIpc) is 1.98. The van der Waals surface area contributed by atoms with Gasteiger partial charge in [-0.25, -0.2) is 4.79 Å². The number of aliphatic imine (C=N–C) groups is 1. The van der Waals surface area contributed by atoms with Gasteiger partial charge in [0.25, 0.3) is 0 Å². The quantitative estimate of drug-likeness (QED) is 0.304. The summed E-state index contributed by atoms with van der Waals surface area (Å²) in [5.74, 6) is 0.628. The largest absolute Gasteiger partial charge is 0.387 e. The molecule has 0 unspecified atom stereocenters. The summed E-state index contributed by atoms with van der Waals surface area (Å²) in [5.41, 5.74) is 10.3. The van der Waals surface area contributed by atoms with Gasteiger partial charge in [-0.3, -0.25) is 4.99 Å². The Bertz CT molecular complexity index is 167. The molecule has 5 N–H and O–H groups in total. The minimum atomic E-state index is -0.528. The maximum absolute atomic E-state index is 10.2. The highest BCUT2D eigenvalue weighted by atomic mass is 16.2. The summed E-state index contributed by atoms with van der Waals surface area (Å²) in [4.78, 5) is 14.2. The van der Waals surface area contributed by atoms with Gasteiger partial charge in [-0.1, -0.05) is 6.92 Å². The molecule has 0 saturated carbocycles. The highest BCUT2D eigenvalue weighted by Gasteiger charge is 1.91. The molecule has 12 heavy (non-hydrogen) atoms. The van der Waals surface area contributed by atoms with Crippen LogP contribution in [0.25, 0.3) is 0 Å². The van der Waals surface area contributed by atoms with E-state index in [4.69, 9.17) is 11.5 Å². The number of nitrogens with two attached hydrogens (primary N) is 2. The molecule has 0 aromatic heterocycles. The smallest absolute Gasteiger partial charge is 0.312 e. The number of carbonyl (C=O) groups is 1. The van der Waals surface area contributed by atoms with Crippen molar-refractivity contribution in [3.63, 3.8) is 0 Å². The minimum Gasteiger partial charge on any atom is -0.387 e. The molecule has 0 spiro atoms. The third-order valence-corrected chi connectivity index (χ3v) is 1.23. The highest BCUT2D eigenvalue weighted by Crippen LogP contribution is 1.85. The van der Waals surface area contributed by atoms with Crippen molar-refractivity contribution in [1.29, 1.82) is 0 Å². The average molecular weight is 172 g/mol. The fourth-order valence-electron chi connectivity index (χ4n) is 0.714. The van der Waals surface area contributed by atoms with E-state index in [1.165, 1.54) is 0 Å². The van der Waals surface area contributed by atoms with Crippen molar-refractivity contribution in [3.05, 3.63) is 0 Å². The van der Waals surface area contributed by atoms with Crippen molar-refractivity contribution in [2.75, 3.05) is 13.1 Å². The standard InChI is InChI=1S/C7H16N4O/c1-2-3-6(8)10-4-5-11-7(9)12/h2-5H2,1H3,(H2,8,10)(H3,9,11,12). The first-order chi connectivity index (χ1) is 5.66. The summed E-state index contributed by atoms with van der Waals surface area (Å²) < 4.78 is 0. The molecule has 0 bridgehead atoms. The normalized spacial score (nSPS) is 11.2. The van der Waals surface area contributed by atoms with Crippen LogP contribution in [0.3, 0.4) is 0 Å². The van der Waals surface area contributed by atoms with Crippen molar-refractivity contribution >= 4 is 11.9 Å². The Balaban J connectivity index is 3.39. The zero-order valence-corrected chi connectivity index (χ0v) is 7.34. The van der Waals surface area contributed by atoms with Crippen LogP contribution in [0.15, 0.2) is 4.99 Å². The van der Waals surface area contributed by atoms with E-state index in [0.717, 1.165) is 12.8 Å². The van der Waals surface area contributed by atoms with Crippen LogP contribution in [0.1, 0.15) is 19.8 Å². The van der Waals surface area contributed by atoms with Gasteiger partial charge in [0, 0.05) is 13.0 Å². The summed E-state index contributed by atoms with van der Waals surface area (Å²) in [5, 5.41) is 2.42. The second-order valence-corrected chi connectivity index (χ2v) is 2.41. The number of nitrogens with one attached hydrogen (secondary N) is 1. The van der Waals surface area contributed by atoms with E-state index in [1.807, 2.05) is 6.92 Å². The number of nitrogens with zero attached hydrogens (tertiary/aromatic N) is 1. The van der Waals surface area contributed by atoms with Crippen LogP contribution >= 0.6 is 0 Å². The van der Waals surface area contributed by atoms with Crippen LogP contribution < -0.4 is 16.8 Å². The maximum Gasteiger partial charge on any atom is 0.312 e. The molecule has 5 heteroatoms. The predicted octanol–water partition coefficient (Wildman–Crippen LogP) is -0.188. The molecule has 2 amide bonds. The predicted molar refractivity (Wildman–Crippen MR) is 49.0 cm³/mol. The lowest BCUT2D eigenvalue weighted by Crippen LogP contribution is -2.31. The number of amides is 2. The molecular weight excluding hydrogens is 156 g/mol. The number of primary amides is 1.